The number of rotatable bonds is 5. The maximum atomic E-state index is 11.8. The van der Waals surface area contributed by atoms with Crippen molar-refractivity contribution in [3.05, 3.63) is 35.4 Å². The zero-order valence-electron chi connectivity index (χ0n) is 11.7. The molecule has 0 saturated heterocycles. The van der Waals surface area contributed by atoms with Crippen molar-refractivity contribution >= 4 is 16.0 Å². The second kappa shape index (κ2) is 6.21. The van der Waals surface area contributed by atoms with E-state index in [1.807, 2.05) is 0 Å². The van der Waals surface area contributed by atoms with Crippen molar-refractivity contribution in [2.24, 2.45) is 10.9 Å². The van der Waals surface area contributed by atoms with Crippen molar-refractivity contribution in [3.63, 3.8) is 0 Å². The standard InChI is InChI=1S/C12H20N4O3S/c1-12(2,3)16-20(18,19)14-8-9-5-4-6-10(7-9)11(13)15-17/h4-7,14,16-17H,8H2,1-3H3,(H2,13,15). The molecular weight excluding hydrogens is 280 g/mol. The Hall–Kier alpha value is -1.64. The minimum atomic E-state index is -3.59. The molecule has 1 rings (SSSR count). The van der Waals surface area contributed by atoms with Gasteiger partial charge >= 0.3 is 0 Å². The highest BCUT2D eigenvalue weighted by Gasteiger charge is 2.19. The molecule has 0 aliphatic rings. The Morgan fingerprint density at radius 1 is 1.40 bits per heavy atom. The summed E-state index contributed by atoms with van der Waals surface area (Å²) in [6.45, 7) is 5.37. The van der Waals surface area contributed by atoms with Crippen LogP contribution in [0.15, 0.2) is 29.4 Å². The lowest BCUT2D eigenvalue weighted by Gasteiger charge is -2.20. The Labute approximate surface area is 119 Å². The van der Waals surface area contributed by atoms with E-state index >= 15 is 0 Å². The van der Waals surface area contributed by atoms with Crippen LogP contribution in [-0.2, 0) is 16.8 Å². The van der Waals surface area contributed by atoms with Gasteiger partial charge in [0.25, 0.3) is 10.2 Å². The summed E-state index contributed by atoms with van der Waals surface area (Å²) in [5, 5.41) is 11.5. The lowest BCUT2D eigenvalue weighted by atomic mass is 10.1. The van der Waals surface area contributed by atoms with Gasteiger partial charge in [-0.05, 0) is 32.4 Å². The van der Waals surface area contributed by atoms with E-state index in [2.05, 4.69) is 14.6 Å². The van der Waals surface area contributed by atoms with Crippen LogP contribution in [0.2, 0.25) is 0 Å². The Kier molecular flexibility index (Phi) is 5.09. The van der Waals surface area contributed by atoms with E-state index in [-0.39, 0.29) is 12.4 Å². The molecule has 7 nitrogen and oxygen atoms in total. The third-order valence-electron chi connectivity index (χ3n) is 2.24. The molecule has 0 spiro atoms. The smallest absolute Gasteiger partial charge is 0.277 e. The van der Waals surface area contributed by atoms with Crippen molar-refractivity contribution < 1.29 is 13.6 Å². The molecule has 0 fully saturated rings. The summed E-state index contributed by atoms with van der Waals surface area (Å²) in [4.78, 5) is 0. The highest BCUT2D eigenvalue weighted by molar-refractivity contribution is 7.87. The molecule has 0 aliphatic carbocycles. The molecule has 0 amide bonds. The van der Waals surface area contributed by atoms with E-state index in [9.17, 15) is 8.42 Å². The zero-order chi connectivity index (χ0) is 15.4. The Bertz CT molecular complexity index is 591. The zero-order valence-corrected chi connectivity index (χ0v) is 12.5. The topological polar surface area (TPSA) is 117 Å². The molecule has 0 radical (unpaired) electrons. The summed E-state index contributed by atoms with van der Waals surface area (Å²) >= 11 is 0. The van der Waals surface area contributed by atoms with Crippen LogP contribution in [0.5, 0.6) is 0 Å². The second-order valence-electron chi connectivity index (χ2n) is 5.36. The maximum Gasteiger partial charge on any atom is 0.277 e. The summed E-state index contributed by atoms with van der Waals surface area (Å²) in [7, 11) is -3.59. The SMILES string of the molecule is CC(C)(C)NS(=O)(=O)NCc1cccc(/C(N)=N/O)c1. The molecule has 20 heavy (non-hydrogen) atoms. The van der Waals surface area contributed by atoms with E-state index in [0.717, 1.165) is 0 Å². The summed E-state index contributed by atoms with van der Waals surface area (Å²) < 4.78 is 28.5. The predicted octanol–water partition coefficient (Wildman–Crippen LogP) is 0.504. The second-order valence-corrected chi connectivity index (χ2v) is 6.86. The van der Waals surface area contributed by atoms with E-state index < -0.39 is 15.7 Å². The quantitative estimate of drug-likeness (QED) is 0.274. The van der Waals surface area contributed by atoms with Gasteiger partial charge in [-0.15, -0.1) is 0 Å². The summed E-state index contributed by atoms with van der Waals surface area (Å²) in [6.07, 6.45) is 0. The van der Waals surface area contributed by atoms with Gasteiger partial charge in [0, 0.05) is 17.6 Å². The number of hydrogen-bond donors (Lipinski definition) is 4. The molecule has 0 saturated carbocycles. The van der Waals surface area contributed by atoms with Gasteiger partial charge < -0.3 is 10.9 Å². The van der Waals surface area contributed by atoms with E-state index in [1.165, 1.54) is 0 Å². The minimum Gasteiger partial charge on any atom is -0.409 e. The minimum absolute atomic E-state index is 0.0254. The number of benzene rings is 1. The number of nitrogens with two attached hydrogens (primary N) is 1. The van der Waals surface area contributed by atoms with Gasteiger partial charge in [-0.3, -0.25) is 0 Å². The number of amidine groups is 1. The van der Waals surface area contributed by atoms with Crippen molar-refractivity contribution in [1.82, 2.24) is 9.44 Å². The third kappa shape index (κ3) is 5.55. The van der Waals surface area contributed by atoms with E-state index in [0.29, 0.717) is 11.1 Å². The Morgan fingerprint density at radius 3 is 2.60 bits per heavy atom. The maximum absolute atomic E-state index is 11.8. The number of nitrogens with zero attached hydrogens (tertiary/aromatic N) is 1. The van der Waals surface area contributed by atoms with Gasteiger partial charge in [0.2, 0.25) is 0 Å². The molecule has 0 heterocycles. The van der Waals surface area contributed by atoms with Gasteiger partial charge in [-0.25, -0.2) is 0 Å². The van der Waals surface area contributed by atoms with Crippen molar-refractivity contribution in [2.75, 3.05) is 0 Å². The first-order valence-electron chi connectivity index (χ1n) is 5.98. The monoisotopic (exact) mass is 300 g/mol. The van der Waals surface area contributed by atoms with E-state index in [1.54, 1.807) is 45.0 Å². The van der Waals surface area contributed by atoms with Crippen LogP contribution in [0.1, 0.15) is 31.9 Å². The van der Waals surface area contributed by atoms with Gasteiger partial charge in [0.05, 0.1) is 0 Å². The first-order valence-corrected chi connectivity index (χ1v) is 7.47. The largest absolute Gasteiger partial charge is 0.409 e. The van der Waals surface area contributed by atoms with Crippen molar-refractivity contribution in [2.45, 2.75) is 32.9 Å². The predicted molar refractivity (Wildman–Crippen MR) is 77.6 cm³/mol. The fourth-order valence-electron chi connectivity index (χ4n) is 1.52. The highest BCUT2D eigenvalue weighted by atomic mass is 32.2. The number of nitrogens with one attached hydrogen (secondary N) is 2. The Morgan fingerprint density at radius 2 is 2.05 bits per heavy atom. The molecule has 0 aromatic heterocycles. The van der Waals surface area contributed by atoms with Crippen LogP contribution in [0.25, 0.3) is 0 Å². The van der Waals surface area contributed by atoms with E-state index in [4.69, 9.17) is 10.9 Å². The fourth-order valence-corrected chi connectivity index (χ4v) is 2.75. The van der Waals surface area contributed by atoms with Gasteiger partial charge in [0.15, 0.2) is 5.84 Å². The number of oxime groups is 1. The van der Waals surface area contributed by atoms with Crippen LogP contribution in [0.4, 0.5) is 0 Å². The molecule has 0 atom stereocenters. The van der Waals surface area contributed by atoms with Crippen molar-refractivity contribution in [3.8, 4) is 0 Å². The first-order chi connectivity index (χ1) is 9.13. The average molecular weight is 300 g/mol. The summed E-state index contributed by atoms with van der Waals surface area (Å²) in [5.74, 6) is -0.0254. The van der Waals surface area contributed by atoms with Crippen molar-refractivity contribution in [1.29, 1.82) is 0 Å². The van der Waals surface area contributed by atoms with Crippen LogP contribution < -0.4 is 15.2 Å². The first kappa shape index (κ1) is 16.4. The van der Waals surface area contributed by atoms with Crippen LogP contribution in [0, 0.1) is 0 Å². The van der Waals surface area contributed by atoms with Gasteiger partial charge in [-0.1, -0.05) is 23.4 Å². The molecule has 0 bridgehead atoms. The fraction of sp³-hybridized carbons (Fsp3) is 0.417. The Balaban J connectivity index is 2.76. The molecule has 1 aromatic rings. The molecule has 0 unspecified atom stereocenters. The summed E-state index contributed by atoms with van der Waals surface area (Å²) in [5.41, 5.74) is 6.15. The van der Waals surface area contributed by atoms with Crippen LogP contribution in [0.3, 0.4) is 0 Å². The molecular formula is C12H20N4O3S. The van der Waals surface area contributed by atoms with Gasteiger partial charge in [0.1, 0.15) is 0 Å². The molecule has 8 heteroatoms. The average Bonchev–Trinajstić information content (AvgIpc) is 2.33. The molecule has 0 aliphatic heterocycles. The summed E-state index contributed by atoms with van der Waals surface area (Å²) in [6, 6.07) is 6.76. The molecule has 5 N–H and O–H groups in total. The number of hydrogen-bond acceptors (Lipinski definition) is 4. The highest BCUT2D eigenvalue weighted by Crippen LogP contribution is 2.06. The van der Waals surface area contributed by atoms with Gasteiger partial charge in [-0.2, -0.15) is 17.9 Å². The molecule has 1 aromatic carbocycles. The lowest BCUT2D eigenvalue weighted by molar-refractivity contribution is 0.318. The van der Waals surface area contributed by atoms with Crippen LogP contribution >= 0.6 is 0 Å². The third-order valence-corrected chi connectivity index (χ3v) is 3.64. The normalized spacial score (nSPS) is 13.4. The lowest BCUT2D eigenvalue weighted by Crippen LogP contribution is -2.46. The van der Waals surface area contributed by atoms with Crippen LogP contribution in [-0.4, -0.2) is 25.0 Å². The molecule has 112 valence electrons.